The Morgan fingerprint density at radius 2 is 2.15 bits per heavy atom. The molecule has 6 nitrogen and oxygen atoms in total. The molecule has 0 atom stereocenters. The highest BCUT2D eigenvalue weighted by Gasteiger charge is 2.09. The van der Waals surface area contributed by atoms with E-state index in [9.17, 15) is 0 Å². The van der Waals surface area contributed by atoms with Crippen LogP contribution in [0.3, 0.4) is 0 Å². The maximum atomic E-state index is 5.97. The van der Waals surface area contributed by atoms with E-state index in [1.807, 2.05) is 20.8 Å². The van der Waals surface area contributed by atoms with Crippen LogP contribution in [-0.4, -0.2) is 21.7 Å². The lowest BCUT2D eigenvalue weighted by molar-refractivity contribution is 0.128. The third kappa shape index (κ3) is 3.68. The molecule has 0 aliphatic heterocycles. The van der Waals surface area contributed by atoms with Crippen LogP contribution in [0.5, 0.6) is 0 Å². The summed E-state index contributed by atoms with van der Waals surface area (Å²) in [5.74, 6) is 2.00. The molecule has 0 spiro atoms. The fourth-order valence-electron chi connectivity index (χ4n) is 1.75. The van der Waals surface area contributed by atoms with Crippen LogP contribution in [0.1, 0.15) is 29.8 Å². The Bertz CT molecular complexity index is 566. The zero-order chi connectivity index (χ0) is 14.5. The molecule has 2 heterocycles. The van der Waals surface area contributed by atoms with E-state index in [1.54, 1.807) is 6.07 Å². The van der Waals surface area contributed by atoms with Gasteiger partial charge in [0.05, 0.1) is 5.69 Å². The summed E-state index contributed by atoms with van der Waals surface area (Å²) in [6.07, 6.45) is 0. The Morgan fingerprint density at radius 1 is 1.35 bits per heavy atom. The van der Waals surface area contributed by atoms with E-state index in [0.717, 1.165) is 17.0 Å². The summed E-state index contributed by atoms with van der Waals surface area (Å²) in [5.41, 5.74) is 1.88. The summed E-state index contributed by atoms with van der Waals surface area (Å²) < 4.78 is 10.4. The Morgan fingerprint density at radius 3 is 2.80 bits per heavy atom. The summed E-state index contributed by atoms with van der Waals surface area (Å²) in [4.78, 5) is 8.46. The minimum absolute atomic E-state index is 0.344. The zero-order valence-electron chi connectivity index (χ0n) is 11.7. The first kappa shape index (κ1) is 14.7. The molecule has 0 aromatic carbocycles. The lowest BCUT2D eigenvalue weighted by Crippen LogP contribution is -2.06. The number of hydrogen-bond acceptors (Lipinski definition) is 6. The molecule has 0 radical (unpaired) electrons. The second kappa shape index (κ2) is 6.67. The van der Waals surface area contributed by atoms with Crippen LogP contribution in [0, 0.1) is 13.8 Å². The quantitative estimate of drug-likeness (QED) is 0.826. The minimum atomic E-state index is 0.344. The van der Waals surface area contributed by atoms with E-state index in [2.05, 4.69) is 20.4 Å². The standard InChI is InChI=1S/C13H17ClN4O2/c1-4-19-7-13-16-11(14)5-12(17-13)15-6-10-8(2)18-20-9(10)3/h5H,4,6-7H2,1-3H3,(H,15,16,17). The third-order valence-electron chi connectivity index (χ3n) is 2.80. The zero-order valence-corrected chi connectivity index (χ0v) is 12.5. The van der Waals surface area contributed by atoms with Crippen molar-refractivity contribution in [2.75, 3.05) is 11.9 Å². The predicted octanol–water partition coefficient (Wildman–Crippen LogP) is 2.88. The van der Waals surface area contributed by atoms with Gasteiger partial charge in [-0.25, -0.2) is 9.97 Å². The average molecular weight is 297 g/mol. The molecule has 0 aliphatic rings. The van der Waals surface area contributed by atoms with Crippen LogP contribution in [0.15, 0.2) is 10.6 Å². The first-order chi connectivity index (χ1) is 9.60. The molecular formula is C13H17ClN4O2. The summed E-state index contributed by atoms with van der Waals surface area (Å²) >= 11 is 5.97. The number of anilines is 1. The van der Waals surface area contributed by atoms with Crippen molar-refractivity contribution in [2.45, 2.75) is 33.9 Å². The average Bonchev–Trinajstić information content (AvgIpc) is 2.73. The van der Waals surface area contributed by atoms with Crippen LogP contribution >= 0.6 is 11.6 Å². The van der Waals surface area contributed by atoms with E-state index in [-0.39, 0.29) is 0 Å². The first-order valence-electron chi connectivity index (χ1n) is 6.37. The van der Waals surface area contributed by atoms with Crippen LogP contribution in [0.25, 0.3) is 0 Å². The second-order valence-electron chi connectivity index (χ2n) is 4.29. The predicted molar refractivity (Wildman–Crippen MR) is 75.7 cm³/mol. The number of ether oxygens (including phenoxy) is 1. The van der Waals surface area contributed by atoms with Gasteiger partial charge >= 0.3 is 0 Å². The highest BCUT2D eigenvalue weighted by atomic mass is 35.5. The van der Waals surface area contributed by atoms with E-state index >= 15 is 0 Å². The summed E-state index contributed by atoms with van der Waals surface area (Å²) in [6.45, 7) is 7.23. The number of nitrogens with zero attached hydrogens (tertiary/aromatic N) is 3. The van der Waals surface area contributed by atoms with Gasteiger partial charge in [0.15, 0.2) is 5.82 Å². The number of rotatable bonds is 6. The number of hydrogen-bond donors (Lipinski definition) is 1. The van der Waals surface area contributed by atoms with E-state index in [4.69, 9.17) is 20.9 Å². The number of aromatic nitrogens is 3. The Labute approximate surface area is 122 Å². The molecule has 0 amide bonds. The molecule has 0 aliphatic carbocycles. The van der Waals surface area contributed by atoms with Crippen molar-refractivity contribution >= 4 is 17.4 Å². The Kier molecular flexibility index (Phi) is 4.92. The fourth-order valence-corrected chi connectivity index (χ4v) is 1.95. The maximum Gasteiger partial charge on any atom is 0.158 e. The van der Waals surface area contributed by atoms with Crippen molar-refractivity contribution in [1.82, 2.24) is 15.1 Å². The SMILES string of the molecule is CCOCc1nc(Cl)cc(NCc2c(C)noc2C)n1. The van der Waals surface area contributed by atoms with Crippen LogP contribution in [-0.2, 0) is 17.9 Å². The Hall–Kier alpha value is -1.66. The van der Waals surface area contributed by atoms with Gasteiger partial charge in [0.25, 0.3) is 0 Å². The number of nitrogens with one attached hydrogen (secondary N) is 1. The van der Waals surface area contributed by atoms with Gasteiger partial charge in [0, 0.05) is 24.8 Å². The van der Waals surface area contributed by atoms with Gasteiger partial charge in [0.2, 0.25) is 0 Å². The molecule has 7 heteroatoms. The van der Waals surface area contributed by atoms with Gasteiger partial charge in [-0.1, -0.05) is 16.8 Å². The fraction of sp³-hybridized carbons (Fsp3) is 0.462. The summed E-state index contributed by atoms with van der Waals surface area (Å²) in [6, 6.07) is 1.68. The van der Waals surface area contributed by atoms with Gasteiger partial charge in [-0.2, -0.15) is 0 Å². The number of halogens is 1. The van der Waals surface area contributed by atoms with E-state index in [0.29, 0.717) is 36.6 Å². The summed E-state index contributed by atoms with van der Waals surface area (Å²) in [5, 5.41) is 7.49. The van der Waals surface area contributed by atoms with Gasteiger partial charge in [-0.15, -0.1) is 0 Å². The normalized spacial score (nSPS) is 10.8. The molecule has 0 saturated carbocycles. The first-order valence-corrected chi connectivity index (χ1v) is 6.74. The maximum absolute atomic E-state index is 5.97. The van der Waals surface area contributed by atoms with Crippen molar-refractivity contribution in [3.05, 3.63) is 34.1 Å². The second-order valence-corrected chi connectivity index (χ2v) is 4.67. The highest BCUT2D eigenvalue weighted by Crippen LogP contribution is 2.16. The molecule has 0 saturated heterocycles. The smallest absolute Gasteiger partial charge is 0.158 e. The highest BCUT2D eigenvalue weighted by molar-refractivity contribution is 6.29. The molecule has 1 N–H and O–H groups in total. The monoisotopic (exact) mass is 296 g/mol. The van der Waals surface area contributed by atoms with Gasteiger partial charge in [-0.05, 0) is 20.8 Å². The van der Waals surface area contributed by atoms with Crippen molar-refractivity contribution in [2.24, 2.45) is 0 Å². The molecule has 108 valence electrons. The third-order valence-corrected chi connectivity index (χ3v) is 3.00. The van der Waals surface area contributed by atoms with Crippen molar-refractivity contribution in [1.29, 1.82) is 0 Å². The van der Waals surface area contributed by atoms with Crippen LogP contribution in [0.4, 0.5) is 5.82 Å². The lowest BCUT2D eigenvalue weighted by Gasteiger charge is -2.08. The summed E-state index contributed by atoms with van der Waals surface area (Å²) in [7, 11) is 0. The van der Waals surface area contributed by atoms with Gasteiger partial charge in [0.1, 0.15) is 23.3 Å². The van der Waals surface area contributed by atoms with Crippen LogP contribution in [0.2, 0.25) is 5.15 Å². The molecule has 20 heavy (non-hydrogen) atoms. The van der Waals surface area contributed by atoms with E-state index in [1.165, 1.54) is 0 Å². The van der Waals surface area contributed by atoms with Gasteiger partial charge < -0.3 is 14.6 Å². The van der Waals surface area contributed by atoms with Crippen molar-refractivity contribution in [3.8, 4) is 0 Å². The molecule has 0 fully saturated rings. The largest absolute Gasteiger partial charge is 0.374 e. The molecule has 2 rings (SSSR count). The molecule has 0 bridgehead atoms. The molecular weight excluding hydrogens is 280 g/mol. The molecule has 0 unspecified atom stereocenters. The molecule has 2 aromatic rings. The van der Waals surface area contributed by atoms with E-state index < -0.39 is 0 Å². The lowest BCUT2D eigenvalue weighted by atomic mass is 10.2. The topological polar surface area (TPSA) is 73.1 Å². The number of aryl methyl sites for hydroxylation is 2. The Balaban J connectivity index is 2.07. The van der Waals surface area contributed by atoms with Gasteiger partial charge in [-0.3, -0.25) is 0 Å². The minimum Gasteiger partial charge on any atom is -0.374 e. The van der Waals surface area contributed by atoms with Crippen molar-refractivity contribution in [3.63, 3.8) is 0 Å². The molecule has 2 aromatic heterocycles. The van der Waals surface area contributed by atoms with Crippen LogP contribution < -0.4 is 5.32 Å². The van der Waals surface area contributed by atoms with Crippen molar-refractivity contribution < 1.29 is 9.26 Å².